The molecule has 0 aliphatic rings. The summed E-state index contributed by atoms with van der Waals surface area (Å²) in [5, 5.41) is 12.5. The first-order valence-electron chi connectivity index (χ1n) is 7.55. The summed E-state index contributed by atoms with van der Waals surface area (Å²) < 4.78 is 6.63. The van der Waals surface area contributed by atoms with Crippen LogP contribution in [-0.4, -0.2) is 23.5 Å². The molecule has 0 radical (unpaired) electrons. The number of para-hydroxylation sites is 1. The number of nitrogens with zero attached hydrogens (tertiary/aromatic N) is 2. The molecule has 1 heterocycles. The molecule has 6 nitrogen and oxygen atoms in total. The molecule has 0 saturated heterocycles. The molecule has 6 heteroatoms. The maximum Gasteiger partial charge on any atom is 0.257 e. The van der Waals surface area contributed by atoms with Gasteiger partial charge >= 0.3 is 0 Å². The zero-order valence-electron chi connectivity index (χ0n) is 13.7. The molecular formula is C19H15N3O3. The number of aromatic nitrogens is 1. The van der Waals surface area contributed by atoms with Crippen molar-refractivity contribution in [2.45, 2.75) is 6.92 Å². The van der Waals surface area contributed by atoms with Crippen LogP contribution in [0.15, 0.2) is 48.7 Å². The predicted molar refractivity (Wildman–Crippen MR) is 93.9 cm³/mol. The molecule has 0 unspecified atom stereocenters. The van der Waals surface area contributed by atoms with Crippen LogP contribution in [0, 0.1) is 11.3 Å². The zero-order chi connectivity index (χ0) is 18.0. The Morgan fingerprint density at radius 2 is 1.96 bits per heavy atom. The molecule has 0 aliphatic heterocycles. The number of amides is 1. The van der Waals surface area contributed by atoms with Gasteiger partial charge in [-0.15, -0.1) is 0 Å². The summed E-state index contributed by atoms with van der Waals surface area (Å²) in [6, 6.07) is 13.9. The molecule has 0 saturated carbocycles. The molecule has 3 rings (SSSR count). The molecule has 1 amide bonds. The van der Waals surface area contributed by atoms with Crippen LogP contribution in [0.4, 0.5) is 5.69 Å². The van der Waals surface area contributed by atoms with Gasteiger partial charge in [0.15, 0.2) is 0 Å². The van der Waals surface area contributed by atoms with E-state index in [0.29, 0.717) is 33.5 Å². The number of nitrogens with one attached hydrogen (secondary N) is 1. The highest BCUT2D eigenvalue weighted by Gasteiger charge is 2.18. The molecule has 2 aromatic carbocycles. The molecule has 0 fully saturated rings. The van der Waals surface area contributed by atoms with Gasteiger partial charge < -0.3 is 10.1 Å². The van der Waals surface area contributed by atoms with Crippen LogP contribution in [0.5, 0.6) is 5.75 Å². The first-order chi connectivity index (χ1) is 12.0. The summed E-state index contributed by atoms with van der Waals surface area (Å²) in [4.78, 5) is 24.6. The SMILES string of the molecule is COc1ccc2c(c1)c(C(=O)Nc1ccccc1C#N)cn2C(C)=O. The molecule has 0 bridgehead atoms. The second-order valence-corrected chi connectivity index (χ2v) is 5.43. The lowest BCUT2D eigenvalue weighted by Crippen LogP contribution is -2.13. The van der Waals surface area contributed by atoms with Crippen molar-refractivity contribution in [1.29, 1.82) is 5.26 Å². The fourth-order valence-electron chi connectivity index (χ4n) is 2.66. The van der Waals surface area contributed by atoms with Crippen molar-refractivity contribution in [2.75, 3.05) is 12.4 Å². The number of benzene rings is 2. The third-order valence-corrected chi connectivity index (χ3v) is 3.89. The number of nitriles is 1. The van der Waals surface area contributed by atoms with E-state index in [1.807, 2.05) is 6.07 Å². The van der Waals surface area contributed by atoms with Gasteiger partial charge in [-0.2, -0.15) is 5.26 Å². The number of hydrogen-bond donors (Lipinski definition) is 1. The summed E-state index contributed by atoms with van der Waals surface area (Å²) in [6.45, 7) is 1.43. The van der Waals surface area contributed by atoms with Gasteiger partial charge in [0.25, 0.3) is 5.91 Å². The second kappa shape index (κ2) is 6.49. The van der Waals surface area contributed by atoms with Crippen molar-refractivity contribution in [3.05, 3.63) is 59.8 Å². The Morgan fingerprint density at radius 1 is 1.20 bits per heavy atom. The van der Waals surface area contributed by atoms with Crippen LogP contribution in [0.1, 0.15) is 27.6 Å². The van der Waals surface area contributed by atoms with Crippen LogP contribution in [0.3, 0.4) is 0 Å². The molecule has 1 N–H and O–H groups in total. The van der Waals surface area contributed by atoms with E-state index in [4.69, 9.17) is 10.00 Å². The number of methoxy groups -OCH3 is 1. The van der Waals surface area contributed by atoms with Gasteiger partial charge in [0.2, 0.25) is 5.91 Å². The lowest BCUT2D eigenvalue weighted by Gasteiger charge is -2.06. The number of carbonyl (C=O) groups is 2. The van der Waals surface area contributed by atoms with Crippen molar-refractivity contribution < 1.29 is 14.3 Å². The lowest BCUT2D eigenvalue weighted by atomic mass is 10.1. The zero-order valence-corrected chi connectivity index (χ0v) is 13.7. The van der Waals surface area contributed by atoms with Crippen LogP contribution in [0.25, 0.3) is 10.9 Å². The molecule has 124 valence electrons. The first kappa shape index (κ1) is 16.3. The van der Waals surface area contributed by atoms with Crippen LogP contribution in [-0.2, 0) is 0 Å². The second-order valence-electron chi connectivity index (χ2n) is 5.43. The van der Waals surface area contributed by atoms with Gasteiger partial charge in [0.05, 0.1) is 29.4 Å². The Hall–Kier alpha value is -3.59. The maximum atomic E-state index is 12.7. The Labute approximate surface area is 144 Å². The minimum absolute atomic E-state index is 0.202. The summed E-state index contributed by atoms with van der Waals surface area (Å²) in [6.07, 6.45) is 1.50. The predicted octanol–water partition coefficient (Wildman–Crippen LogP) is 3.43. The van der Waals surface area contributed by atoms with Crippen molar-refractivity contribution in [1.82, 2.24) is 4.57 Å². The van der Waals surface area contributed by atoms with Crippen LogP contribution >= 0.6 is 0 Å². The van der Waals surface area contributed by atoms with E-state index in [2.05, 4.69) is 5.32 Å². The summed E-state index contributed by atoms with van der Waals surface area (Å²) >= 11 is 0. The lowest BCUT2D eigenvalue weighted by molar-refractivity contribution is 0.0941. The number of rotatable bonds is 3. The molecule has 0 spiro atoms. The van der Waals surface area contributed by atoms with Crippen LogP contribution < -0.4 is 10.1 Å². The third-order valence-electron chi connectivity index (χ3n) is 3.89. The van der Waals surface area contributed by atoms with Crippen LogP contribution in [0.2, 0.25) is 0 Å². The summed E-state index contributed by atoms with van der Waals surface area (Å²) in [5.41, 5.74) is 1.73. The minimum atomic E-state index is -0.402. The Morgan fingerprint density at radius 3 is 2.64 bits per heavy atom. The topological polar surface area (TPSA) is 84.1 Å². The van der Waals surface area contributed by atoms with Gasteiger partial charge in [-0.25, -0.2) is 0 Å². The molecule has 3 aromatic rings. The fraction of sp³-hybridized carbons (Fsp3) is 0.105. The van der Waals surface area contributed by atoms with Crippen molar-refractivity contribution in [3.8, 4) is 11.8 Å². The van der Waals surface area contributed by atoms with E-state index >= 15 is 0 Å². The largest absolute Gasteiger partial charge is 0.497 e. The first-order valence-corrected chi connectivity index (χ1v) is 7.55. The van der Waals surface area contributed by atoms with E-state index in [0.717, 1.165) is 0 Å². The molecule has 0 aliphatic carbocycles. The highest BCUT2D eigenvalue weighted by atomic mass is 16.5. The van der Waals surface area contributed by atoms with Gasteiger partial charge in [-0.3, -0.25) is 14.2 Å². The average Bonchev–Trinajstić information content (AvgIpc) is 3.01. The van der Waals surface area contributed by atoms with Gasteiger partial charge in [0, 0.05) is 18.5 Å². The number of ether oxygens (including phenoxy) is 1. The van der Waals surface area contributed by atoms with Gasteiger partial charge in [-0.1, -0.05) is 12.1 Å². The molecule has 0 atom stereocenters. The highest BCUT2D eigenvalue weighted by Crippen LogP contribution is 2.27. The summed E-state index contributed by atoms with van der Waals surface area (Å²) in [7, 11) is 1.53. The number of anilines is 1. The van der Waals surface area contributed by atoms with E-state index < -0.39 is 5.91 Å². The molecular weight excluding hydrogens is 318 g/mol. The van der Waals surface area contributed by atoms with E-state index in [-0.39, 0.29) is 5.91 Å². The third kappa shape index (κ3) is 2.95. The van der Waals surface area contributed by atoms with E-state index in [1.54, 1.807) is 42.5 Å². The number of fused-ring (bicyclic) bond motifs is 1. The Kier molecular flexibility index (Phi) is 4.23. The Bertz CT molecular complexity index is 1030. The summed E-state index contributed by atoms with van der Waals surface area (Å²) in [5.74, 6) is -0.0205. The van der Waals surface area contributed by atoms with E-state index in [1.165, 1.54) is 24.8 Å². The minimum Gasteiger partial charge on any atom is -0.497 e. The van der Waals surface area contributed by atoms with Crippen molar-refractivity contribution in [3.63, 3.8) is 0 Å². The number of carbonyl (C=O) groups excluding carboxylic acids is 2. The molecule has 1 aromatic heterocycles. The average molecular weight is 333 g/mol. The monoisotopic (exact) mass is 333 g/mol. The fourth-order valence-corrected chi connectivity index (χ4v) is 2.66. The smallest absolute Gasteiger partial charge is 0.257 e. The normalized spacial score (nSPS) is 10.3. The van der Waals surface area contributed by atoms with Crippen molar-refractivity contribution in [2.24, 2.45) is 0 Å². The van der Waals surface area contributed by atoms with Gasteiger partial charge in [0.1, 0.15) is 11.8 Å². The van der Waals surface area contributed by atoms with Crippen molar-refractivity contribution >= 4 is 28.4 Å². The highest BCUT2D eigenvalue weighted by molar-refractivity contribution is 6.14. The molecule has 25 heavy (non-hydrogen) atoms. The van der Waals surface area contributed by atoms with Gasteiger partial charge in [-0.05, 0) is 30.3 Å². The quantitative estimate of drug-likeness (QED) is 0.796. The maximum absolute atomic E-state index is 12.7. The van der Waals surface area contributed by atoms with E-state index in [9.17, 15) is 9.59 Å². The standard InChI is InChI=1S/C19H15N3O3/c1-12(23)22-11-16(15-9-14(25-2)7-8-18(15)22)19(24)21-17-6-4-3-5-13(17)10-20/h3-9,11H,1-2H3,(H,21,24). The number of hydrogen-bond acceptors (Lipinski definition) is 4. The Balaban J connectivity index is 2.09.